The Hall–Kier alpha value is -0.630. The van der Waals surface area contributed by atoms with Crippen molar-refractivity contribution in [1.82, 2.24) is 4.90 Å². The van der Waals surface area contributed by atoms with Crippen LogP contribution >= 0.6 is 22.0 Å². The number of thiophene rings is 1. The summed E-state index contributed by atoms with van der Waals surface area (Å²) in [4.78, 5) is 14.8. The Balaban J connectivity index is 2.00. The van der Waals surface area contributed by atoms with Crippen LogP contribution in [0.1, 0.15) is 17.7 Å². The van der Waals surface area contributed by atoms with Gasteiger partial charge in [-0.15, -0.1) is 11.3 Å². The summed E-state index contributed by atoms with van der Waals surface area (Å²) in [6.45, 7) is 1.08. The molecule has 1 aromatic heterocycles. The van der Waals surface area contributed by atoms with E-state index >= 15 is 0 Å². The molecule has 5 nitrogen and oxygen atoms in total. The van der Waals surface area contributed by atoms with Crippen LogP contribution in [-0.2, 0) is 25.0 Å². The highest BCUT2D eigenvalue weighted by atomic mass is 35.7. The summed E-state index contributed by atoms with van der Waals surface area (Å²) >= 11 is 1.04. The van der Waals surface area contributed by atoms with E-state index in [1.807, 2.05) is 4.90 Å². The van der Waals surface area contributed by atoms with Crippen LogP contribution in [0.3, 0.4) is 0 Å². The molecule has 0 atom stereocenters. The average molecular weight is 338 g/mol. The summed E-state index contributed by atoms with van der Waals surface area (Å²) in [5, 5.41) is 0. The Morgan fingerprint density at radius 2 is 2.20 bits per heavy atom. The van der Waals surface area contributed by atoms with Crippen LogP contribution in [0.15, 0.2) is 16.3 Å². The zero-order valence-electron chi connectivity index (χ0n) is 11.0. The Bertz CT molecular complexity index is 580. The monoisotopic (exact) mass is 337 g/mol. The van der Waals surface area contributed by atoms with Crippen molar-refractivity contribution in [2.75, 3.05) is 20.3 Å². The van der Waals surface area contributed by atoms with Gasteiger partial charge in [-0.25, -0.2) is 8.42 Å². The van der Waals surface area contributed by atoms with Crippen molar-refractivity contribution in [3.8, 4) is 0 Å². The van der Waals surface area contributed by atoms with Crippen molar-refractivity contribution in [3.05, 3.63) is 17.0 Å². The standard InChI is InChI=1S/C12H16ClNO4S2/c1-18-7-6-14(9-2-3-9)11(15)8-10-4-5-12(19-10)20(13,16)17/h4-5,9H,2-3,6-8H2,1H3. The SMILES string of the molecule is COCCN(C(=O)Cc1ccc(S(=O)(=O)Cl)s1)C1CC1. The summed E-state index contributed by atoms with van der Waals surface area (Å²) in [6, 6.07) is 3.39. The van der Waals surface area contributed by atoms with E-state index < -0.39 is 9.05 Å². The Labute approximate surface area is 126 Å². The lowest BCUT2D eigenvalue weighted by molar-refractivity contribution is -0.131. The topological polar surface area (TPSA) is 63.7 Å². The molecule has 1 aliphatic rings. The molecule has 1 heterocycles. The minimum atomic E-state index is -3.71. The van der Waals surface area contributed by atoms with E-state index in [1.54, 1.807) is 13.2 Å². The largest absolute Gasteiger partial charge is 0.383 e. The van der Waals surface area contributed by atoms with E-state index in [0.717, 1.165) is 24.2 Å². The third-order valence-corrected chi connectivity index (χ3v) is 6.23. The van der Waals surface area contributed by atoms with Crippen LogP contribution in [0.25, 0.3) is 0 Å². The van der Waals surface area contributed by atoms with Gasteiger partial charge in [-0.2, -0.15) is 0 Å². The highest BCUT2D eigenvalue weighted by Crippen LogP contribution is 2.29. The fourth-order valence-electron chi connectivity index (χ4n) is 1.92. The molecule has 1 fully saturated rings. The highest BCUT2D eigenvalue weighted by Gasteiger charge is 2.32. The zero-order chi connectivity index (χ0) is 14.8. The second-order valence-corrected chi connectivity index (χ2v) is 8.61. The summed E-state index contributed by atoms with van der Waals surface area (Å²) in [7, 11) is 3.16. The maximum atomic E-state index is 12.3. The number of ether oxygens (including phenoxy) is 1. The van der Waals surface area contributed by atoms with Crippen LogP contribution < -0.4 is 0 Å². The van der Waals surface area contributed by atoms with Gasteiger partial charge < -0.3 is 9.64 Å². The van der Waals surface area contributed by atoms with Gasteiger partial charge in [0.2, 0.25) is 5.91 Å². The number of amides is 1. The van der Waals surface area contributed by atoms with Gasteiger partial charge in [0, 0.05) is 35.3 Å². The van der Waals surface area contributed by atoms with Crippen LogP contribution in [0.5, 0.6) is 0 Å². The summed E-state index contributed by atoms with van der Waals surface area (Å²) in [5.74, 6) is 0.00456. The molecule has 0 unspecified atom stereocenters. The first-order valence-corrected chi connectivity index (χ1v) is 9.36. The van der Waals surface area contributed by atoms with Crippen LogP contribution in [-0.4, -0.2) is 45.5 Å². The molecule has 0 aromatic carbocycles. The molecule has 112 valence electrons. The van der Waals surface area contributed by atoms with E-state index in [9.17, 15) is 13.2 Å². The lowest BCUT2D eigenvalue weighted by atomic mass is 10.3. The number of rotatable bonds is 7. The number of nitrogens with zero attached hydrogens (tertiary/aromatic N) is 1. The minimum Gasteiger partial charge on any atom is -0.383 e. The van der Waals surface area contributed by atoms with Gasteiger partial charge in [0.25, 0.3) is 9.05 Å². The lowest BCUT2D eigenvalue weighted by Crippen LogP contribution is -2.36. The van der Waals surface area contributed by atoms with Crippen LogP contribution in [0.2, 0.25) is 0 Å². The number of carbonyl (C=O) groups is 1. The van der Waals surface area contributed by atoms with Crippen molar-refractivity contribution >= 4 is 37.0 Å². The zero-order valence-corrected chi connectivity index (χ0v) is 13.4. The average Bonchev–Trinajstić information content (AvgIpc) is 3.07. The number of hydrogen-bond acceptors (Lipinski definition) is 5. The second kappa shape index (κ2) is 6.43. The van der Waals surface area contributed by atoms with E-state index in [-0.39, 0.29) is 16.5 Å². The molecule has 2 rings (SSSR count). The third-order valence-electron chi connectivity index (χ3n) is 3.05. The summed E-state index contributed by atoms with van der Waals surface area (Å²) < 4.78 is 27.5. The predicted octanol–water partition coefficient (Wildman–Crippen LogP) is 1.86. The van der Waals surface area contributed by atoms with Gasteiger partial charge in [0.05, 0.1) is 13.0 Å². The van der Waals surface area contributed by atoms with E-state index in [2.05, 4.69) is 0 Å². The molecule has 0 radical (unpaired) electrons. The molecular weight excluding hydrogens is 322 g/mol. The molecule has 8 heteroatoms. The predicted molar refractivity (Wildman–Crippen MR) is 77.7 cm³/mol. The lowest BCUT2D eigenvalue weighted by Gasteiger charge is -2.21. The molecule has 0 N–H and O–H groups in total. The van der Waals surface area contributed by atoms with Crippen molar-refractivity contribution in [2.24, 2.45) is 0 Å². The fraction of sp³-hybridized carbons (Fsp3) is 0.583. The molecule has 0 spiro atoms. The molecule has 0 aliphatic heterocycles. The first-order valence-electron chi connectivity index (χ1n) is 6.23. The van der Waals surface area contributed by atoms with Crippen molar-refractivity contribution in [1.29, 1.82) is 0 Å². The van der Waals surface area contributed by atoms with Crippen molar-refractivity contribution in [3.63, 3.8) is 0 Å². The Kier molecular flexibility index (Phi) is 5.06. The highest BCUT2D eigenvalue weighted by molar-refractivity contribution is 8.15. The van der Waals surface area contributed by atoms with Gasteiger partial charge in [0.1, 0.15) is 4.21 Å². The van der Waals surface area contributed by atoms with Gasteiger partial charge in [-0.05, 0) is 25.0 Å². The van der Waals surface area contributed by atoms with Gasteiger partial charge in [-0.1, -0.05) is 0 Å². The van der Waals surface area contributed by atoms with Crippen molar-refractivity contribution in [2.45, 2.75) is 29.5 Å². The van der Waals surface area contributed by atoms with E-state index in [4.69, 9.17) is 15.4 Å². The number of methoxy groups -OCH3 is 1. The van der Waals surface area contributed by atoms with E-state index in [1.165, 1.54) is 6.07 Å². The smallest absolute Gasteiger partial charge is 0.270 e. The quantitative estimate of drug-likeness (QED) is 0.712. The van der Waals surface area contributed by atoms with Gasteiger partial charge in [-0.3, -0.25) is 4.79 Å². The van der Waals surface area contributed by atoms with Gasteiger partial charge in [0.15, 0.2) is 0 Å². The molecule has 0 bridgehead atoms. The normalized spacial score (nSPS) is 15.3. The van der Waals surface area contributed by atoms with E-state index in [0.29, 0.717) is 24.1 Å². The fourth-order valence-corrected chi connectivity index (χ4v) is 4.04. The molecule has 0 saturated heterocycles. The van der Waals surface area contributed by atoms with Gasteiger partial charge >= 0.3 is 0 Å². The molecule has 1 saturated carbocycles. The molecule has 20 heavy (non-hydrogen) atoms. The Morgan fingerprint density at radius 3 is 2.70 bits per heavy atom. The molecule has 1 aromatic rings. The first kappa shape index (κ1) is 15.8. The third kappa shape index (κ3) is 4.18. The minimum absolute atomic E-state index is 0.00456. The maximum absolute atomic E-state index is 12.3. The second-order valence-electron chi connectivity index (χ2n) is 4.65. The molecular formula is C12H16ClNO4S2. The van der Waals surface area contributed by atoms with Crippen LogP contribution in [0, 0.1) is 0 Å². The first-order chi connectivity index (χ1) is 9.41. The Morgan fingerprint density at radius 1 is 1.50 bits per heavy atom. The number of carbonyl (C=O) groups excluding carboxylic acids is 1. The molecule has 1 amide bonds. The summed E-state index contributed by atoms with van der Waals surface area (Å²) in [6.07, 6.45) is 2.26. The van der Waals surface area contributed by atoms with Crippen molar-refractivity contribution < 1.29 is 17.9 Å². The number of hydrogen-bond donors (Lipinski definition) is 0. The number of halogens is 1. The maximum Gasteiger partial charge on any atom is 0.270 e. The van der Waals surface area contributed by atoms with Crippen LogP contribution in [0.4, 0.5) is 0 Å². The summed E-state index contributed by atoms with van der Waals surface area (Å²) in [5.41, 5.74) is 0. The molecule has 1 aliphatic carbocycles.